The standard InChI is InChI=1S/C19H22BrF2N5O4/c1-11-14-8-26(19(30)23-17-6-12(20)5-15(21)18(17)22)4-3-16(14)24-27(11)7-13(9-28)31-25(2)10-29/h5-6,10,13,28H,3-4,7-9H2,1-2H3,(H,23,30). The van der Waals surface area contributed by atoms with E-state index in [1.165, 1.54) is 18.0 Å². The molecule has 1 unspecified atom stereocenters. The molecular weight excluding hydrogens is 480 g/mol. The van der Waals surface area contributed by atoms with Crippen LogP contribution >= 0.6 is 15.9 Å². The minimum absolute atomic E-state index is 0.211. The lowest BCUT2D eigenvalue weighted by Gasteiger charge is -2.27. The zero-order valence-electron chi connectivity index (χ0n) is 16.9. The Balaban J connectivity index is 1.72. The summed E-state index contributed by atoms with van der Waals surface area (Å²) in [6.45, 7) is 2.31. The summed E-state index contributed by atoms with van der Waals surface area (Å²) < 4.78 is 29.5. The number of nitrogens with zero attached hydrogens (tertiary/aromatic N) is 4. The number of aromatic nitrogens is 2. The topological polar surface area (TPSA) is 99.9 Å². The van der Waals surface area contributed by atoms with Crippen molar-refractivity contribution in [2.45, 2.75) is 32.5 Å². The van der Waals surface area contributed by atoms with Gasteiger partial charge in [0.2, 0.25) is 6.41 Å². The first-order valence-electron chi connectivity index (χ1n) is 9.44. The van der Waals surface area contributed by atoms with Gasteiger partial charge in [-0.1, -0.05) is 15.9 Å². The molecule has 9 nitrogen and oxygen atoms in total. The molecular formula is C19H22BrF2N5O4. The van der Waals surface area contributed by atoms with Crippen molar-refractivity contribution in [2.24, 2.45) is 0 Å². The third kappa shape index (κ3) is 5.20. The molecule has 1 aromatic carbocycles. The third-order valence-electron chi connectivity index (χ3n) is 4.95. The zero-order valence-corrected chi connectivity index (χ0v) is 18.5. The van der Waals surface area contributed by atoms with E-state index in [9.17, 15) is 23.5 Å². The molecule has 1 aliphatic heterocycles. The Morgan fingerprint density at radius 3 is 2.90 bits per heavy atom. The van der Waals surface area contributed by atoms with Crippen LogP contribution in [0.3, 0.4) is 0 Å². The Kier molecular flexibility index (Phi) is 7.23. The fraction of sp³-hybridized carbons (Fsp3) is 0.421. The van der Waals surface area contributed by atoms with Gasteiger partial charge in [0.15, 0.2) is 11.6 Å². The van der Waals surface area contributed by atoms with Crippen molar-refractivity contribution in [1.82, 2.24) is 19.7 Å². The summed E-state index contributed by atoms with van der Waals surface area (Å²) in [5.74, 6) is -2.20. The minimum Gasteiger partial charge on any atom is -0.393 e. The predicted octanol–water partition coefficient (Wildman–Crippen LogP) is 2.20. The molecule has 3 rings (SSSR count). The fourth-order valence-corrected chi connectivity index (χ4v) is 3.76. The van der Waals surface area contributed by atoms with Gasteiger partial charge in [-0.2, -0.15) is 5.10 Å². The van der Waals surface area contributed by atoms with Crippen molar-refractivity contribution in [1.29, 1.82) is 0 Å². The Morgan fingerprint density at radius 1 is 1.48 bits per heavy atom. The highest BCUT2D eigenvalue weighted by Crippen LogP contribution is 2.26. The Morgan fingerprint density at radius 2 is 2.23 bits per heavy atom. The quantitative estimate of drug-likeness (QED) is 0.344. The molecule has 0 aliphatic carbocycles. The summed E-state index contributed by atoms with van der Waals surface area (Å²) in [5, 5.41) is 17.4. The highest BCUT2D eigenvalue weighted by molar-refractivity contribution is 9.10. The lowest BCUT2D eigenvalue weighted by molar-refractivity contribution is -0.192. The van der Waals surface area contributed by atoms with E-state index in [-0.39, 0.29) is 25.4 Å². The molecule has 0 saturated carbocycles. The Labute approximate surface area is 185 Å². The van der Waals surface area contributed by atoms with Crippen molar-refractivity contribution in [3.8, 4) is 0 Å². The number of hydrogen-bond donors (Lipinski definition) is 2. The second-order valence-electron chi connectivity index (χ2n) is 7.11. The molecule has 31 heavy (non-hydrogen) atoms. The number of carbonyl (C=O) groups excluding carboxylic acids is 2. The van der Waals surface area contributed by atoms with E-state index >= 15 is 0 Å². The van der Waals surface area contributed by atoms with Crippen molar-refractivity contribution < 1.29 is 28.3 Å². The number of benzene rings is 1. The molecule has 168 valence electrons. The molecule has 12 heteroatoms. The summed E-state index contributed by atoms with van der Waals surface area (Å²) >= 11 is 3.08. The summed E-state index contributed by atoms with van der Waals surface area (Å²) in [4.78, 5) is 30.2. The molecule has 1 aliphatic rings. The van der Waals surface area contributed by atoms with E-state index < -0.39 is 23.8 Å². The van der Waals surface area contributed by atoms with Crippen LogP contribution in [-0.4, -0.2) is 63.6 Å². The van der Waals surface area contributed by atoms with Crippen LogP contribution in [0.5, 0.6) is 0 Å². The van der Waals surface area contributed by atoms with Crippen molar-refractivity contribution in [3.05, 3.63) is 45.2 Å². The normalized spacial score (nSPS) is 14.2. The number of anilines is 1. The first-order valence-corrected chi connectivity index (χ1v) is 10.2. The minimum atomic E-state index is -1.13. The summed E-state index contributed by atoms with van der Waals surface area (Å²) in [5.41, 5.74) is 2.17. The van der Waals surface area contributed by atoms with Gasteiger partial charge in [0.05, 0.1) is 31.1 Å². The molecule has 3 amide bonds. The number of urea groups is 1. The van der Waals surface area contributed by atoms with Crippen LogP contribution in [0, 0.1) is 18.6 Å². The van der Waals surface area contributed by atoms with E-state index in [2.05, 4.69) is 26.3 Å². The number of carbonyl (C=O) groups is 2. The largest absolute Gasteiger partial charge is 0.393 e. The van der Waals surface area contributed by atoms with Crippen LogP contribution in [0.15, 0.2) is 16.6 Å². The lowest BCUT2D eigenvalue weighted by atomic mass is 10.1. The first kappa shape index (κ1) is 23.1. The molecule has 2 heterocycles. The van der Waals surface area contributed by atoms with Crippen LogP contribution < -0.4 is 5.32 Å². The van der Waals surface area contributed by atoms with E-state index in [0.29, 0.717) is 23.8 Å². The van der Waals surface area contributed by atoms with Crippen molar-refractivity contribution in [3.63, 3.8) is 0 Å². The van der Waals surface area contributed by atoms with Gasteiger partial charge in [-0.25, -0.2) is 18.6 Å². The monoisotopic (exact) mass is 501 g/mol. The van der Waals surface area contributed by atoms with Crippen LogP contribution in [0.2, 0.25) is 0 Å². The SMILES string of the molecule is Cc1c2c(nn1CC(CO)ON(C)C=O)CCN(C(=O)Nc1cc(Br)cc(F)c1F)C2. The van der Waals surface area contributed by atoms with Gasteiger partial charge >= 0.3 is 6.03 Å². The molecule has 2 aromatic rings. The average molecular weight is 502 g/mol. The smallest absolute Gasteiger partial charge is 0.322 e. The van der Waals surface area contributed by atoms with E-state index in [1.54, 1.807) is 4.68 Å². The molecule has 0 spiro atoms. The predicted molar refractivity (Wildman–Crippen MR) is 110 cm³/mol. The van der Waals surface area contributed by atoms with E-state index in [1.807, 2.05) is 6.92 Å². The maximum absolute atomic E-state index is 14.0. The highest BCUT2D eigenvalue weighted by Gasteiger charge is 2.27. The van der Waals surface area contributed by atoms with Crippen LogP contribution in [0.4, 0.5) is 19.3 Å². The first-order chi connectivity index (χ1) is 14.7. The van der Waals surface area contributed by atoms with Gasteiger partial charge in [0.25, 0.3) is 0 Å². The molecule has 0 saturated heterocycles. The van der Waals surface area contributed by atoms with Crippen molar-refractivity contribution in [2.75, 3.05) is 25.5 Å². The second-order valence-corrected chi connectivity index (χ2v) is 8.02. The fourth-order valence-electron chi connectivity index (χ4n) is 3.33. The van der Waals surface area contributed by atoms with Gasteiger partial charge in [0, 0.05) is 35.7 Å². The maximum Gasteiger partial charge on any atom is 0.322 e. The number of hydroxylamine groups is 2. The number of aliphatic hydroxyl groups excluding tert-OH is 1. The highest BCUT2D eigenvalue weighted by atomic mass is 79.9. The van der Waals surface area contributed by atoms with Gasteiger partial charge in [-0.15, -0.1) is 0 Å². The molecule has 1 atom stereocenters. The van der Waals surface area contributed by atoms with Crippen LogP contribution in [0.1, 0.15) is 17.0 Å². The number of hydrogen-bond acceptors (Lipinski definition) is 5. The molecule has 2 N–H and O–H groups in total. The molecule has 0 bridgehead atoms. The van der Waals surface area contributed by atoms with Crippen LogP contribution in [0.25, 0.3) is 0 Å². The van der Waals surface area contributed by atoms with Crippen LogP contribution in [-0.2, 0) is 29.1 Å². The number of fused-ring (bicyclic) bond motifs is 1. The molecule has 0 radical (unpaired) electrons. The number of halogens is 3. The summed E-state index contributed by atoms with van der Waals surface area (Å²) in [6.07, 6.45) is 0.286. The lowest BCUT2D eigenvalue weighted by Crippen LogP contribution is -2.39. The average Bonchev–Trinajstić information content (AvgIpc) is 3.05. The number of aliphatic hydroxyl groups is 1. The molecule has 0 fully saturated rings. The summed E-state index contributed by atoms with van der Waals surface area (Å²) in [7, 11) is 1.42. The maximum atomic E-state index is 14.0. The van der Waals surface area contributed by atoms with Gasteiger partial charge in [-0.3, -0.25) is 14.3 Å². The van der Waals surface area contributed by atoms with Gasteiger partial charge < -0.3 is 15.3 Å². The number of nitrogens with one attached hydrogen (secondary N) is 1. The third-order valence-corrected chi connectivity index (χ3v) is 5.40. The van der Waals surface area contributed by atoms with E-state index in [4.69, 9.17) is 4.84 Å². The second kappa shape index (κ2) is 9.71. The van der Waals surface area contributed by atoms with Gasteiger partial charge in [-0.05, 0) is 19.1 Å². The zero-order chi connectivity index (χ0) is 22.7. The van der Waals surface area contributed by atoms with Crippen molar-refractivity contribution >= 4 is 34.1 Å². The number of amides is 3. The van der Waals surface area contributed by atoms with Gasteiger partial charge in [0.1, 0.15) is 6.10 Å². The Hall–Kier alpha value is -2.57. The summed E-state index contributed by atoms with van der Waals surface area (Å²) in [6, 6.07) is 1.71. The molecule has 1 aromatic heterocycles. The van der Waals surface area contributed by atoms with E-state index in [0.717, 1.165) is 28.1 Å². The Bertz CT molecular complexity index is 987. The number of rotatable bonds is 7.